The number of aromatic nitrogens is 4. The van der Waals surface area contributed by atoms with Crippen molar-refractivity contribution >= 4 is 45.8 Å². The number of carbonyl (C=O) groups is 1. The van der Waals surface area contributed by atoms with Gasteiger partial charge in [-0.1, -0.05) is 29.8 Å². The van der Waals surface area contributed by atoms with Gasteiger partial charge in [-0.2, -0.15) is 10.2 Å². The molecule has 1 atom stereocenters. The van der Waals surface area contributed by atoms with Crippen LogP contribution in [-0.2, 0) is 9.53 Å². The number of carbonyl (C=O) groups excluding carboxylic acids is 1. The van der Waals surface area contributed by atoms with Crippen LogP contribution in [0.25, 0.3) is 22.0 Å². The summed E-state index contributed by atoms with van der Waals surface area (Å²) in [5.74, 6) is 1.66. The van der Waals surface area contributed by atoms with E-state index in [0.29, 0.717) is 27.4 Å². The Hall–Kier alpha value is -2.63. The molecular weight excluding hydrogens is 659 g/mol. The summed E-state index contributed by atoms with van der Waals surface area (Å²) in [7, 11) is 0. The number of amides is 1. The average Bonchev–Trinajstić information content (AvgIpc) is 3.69. The van der Waals surface area contributed by atoms with E-state index < -0.39 is 0 Å². The molecule has 0 bridgehead atoms. The van der Waals surface area contributed by atoms with Crippen molar-refractivity contribution in [3.63, 3.8) is 0 Å². The molecule has 6 fully saturated rings. The number of ether oxygens (including phenoxy) is 1. The molecule has 5 aliphatic heterocycles. The van der Waals surface area contributed by atoms with Gasteiger partial charge in [0, 0.05) is 84.4 Å². The van der Waals surface area contributed by atoms with Gasteiger partial charge in [0.25, 0.3) is 0 Å². The minimum Gasteiger partial charge on any atom is -0.378 e. The van der Waals surface area contributed by atoms with Gasteiger partial charge in [-0.05, 0) is 77.5 Å². The number of H-pyrrole nitrogens is 1. The van der Waals surface area contributed by atoms with Crippen molar-refractivity contribution in [2.24, 2.45) is 16.7 Å². The molecule has 1 amide bonds. The van der Waals surface area contributed by atoms with Crippen LogP contribution >= 0.6 is 23.2 Å². The normalized spacial score (nSPS) is 26.6. The Morgan fingerprint density at radius 1 is 1.06 bits per heavy atom. The van der Waals surface area contributed by atoms with Gasteiger partial charge < -0.3 is 19.4 Å². The number of benzene rings is 1. The van der Waals surface area contributed by atoms with Gasteiger partial charge in [-0.25, -0.2) is 0 Å². The molecule has 6 aliphatic rings. The van der Waals surface area contributed by atoms with E-state index in [1.54, 1.807) is 0 Å². The summed E-state index contributed by atoms with van der Waals surface area (Å²) in [6.45, 7) is 21.1. The Bertz CT molecular complexity index is 1810. The Kier molecular flexibility index (Phi) is 7.54. The molecule has 9 rings (SSSR count). The van der Waals surface area contributed by atoms with Crippen molar-refractivity contribution in [1.82, 2.24) is 34.7 Å². The van der Waals surface area contributed by atoms with Gasteiger partial charge >= 0.3 is 0 Å². The van der Waals surface area contributed by atoms with Crippen molar-refractivity contribution in [3.8, 4) is 11.1 Å². The fraction of sp³-hybridized carbons (Fsp3) is 0.649. The molecule has 1 saturated carbocycles. The Balaban J connectivity index is 0.965. The lowest BCUT2D eigenvalue weighted by Gasteiger charge is -2.58. The topological polar surface area (TPSA) is 85.8 Å². The first-order valence-corrected chi connectivity index (χ1v) is 18.9. The maximum Gasteiger partial charge on any atom is 0.245 e. The molecule has 1 aromatic carbocycles. The van der Waals surface area contributed by atoms with Gasteiger partial charge in [0.15, 0.2) is 5.82 Å². The summed E-state index contributed by atoms with van der Waals surface area (Å²) in [6.07, 6.45) is 8.86. The number of hydrogen-bond donors (Lipinski definition) is 1. The number of aromatic amines is 1. The fourth-order valence-corrected chi connectivity index (χ4v) is 10.9. The zero-order chi connectivity index (χ0) is 33.9. The molecule has 0 radical (unpaired) electrons. The van der Waals surface area contributed by atoms with E-state index >= 15 is 0 Å². The molecular formula is C37H48Cl2N8O2. The first-order valence-electron chi connectivity index (χ1n) is 18.1. The van der Waals surface area contributed by atoms with Gasteiger partial charge in [0.05, 0.1) is 47.1 Å². The highest BCUT2D eigenvalue weighted by Gasteiger charge is 2.55. The molecule has 0 unspecified atom stereocenters. The summed E-state index contributed by atoms with van der Waals surface area (Å²) in [6, 6.07) is 2.79. The number of rotatable bonds is 7. The van der Waals surface area contributed by atoms with Crippen molar-refractivity contribution in [1.29, 1.82) is 0 Å². The minimum atomic E-state index is -0.0961. The maximum atomic E-state index is 12.2. The standard InChI is InChI=1S/C37H48Cl2N8O2/c1-5-30(48)45-21-37(22-45)12-25(13-37)47-23(2)31(32-27-14-40-41-29(27)10-28(38)33(32)39)34(42-47)46-8-6-24(11-35(46,3)4)15-43-18-36(19-43)7-9-44(20-36)26-16-49-17-26/h5,10,14,24-26H,1,6-9,11-13,15-22H2,2-4H3,(H,40,41)/t24-/m1/s1. The van der Waals surface area contributed by atoms with Crippen LogP contribution in [0.4, 0.5) is 5.82 Å². The summed E-state index contributed by atoms with van der Waals surface area (Å²) >= 11 is 13.9. The van der Waals surface area contributed by atoms with Crippen LogP contribution in [0.2, 0.25) is 10.0 Å². The van der Waals surface area contributed by atoms with Crippen molar-refractivity contribution in [2.45, 2.75) is 70.5 Å². The number of nitrogens with zero attached hydrogens (tertiary/aromatic N) is 7. The average molecular weight is 708 g/mol. The van der Waals surface area contributed by atoms with E-state index in [0.717, 1.165) is 92.1 Å². The van der Waals surface area contributed by atoms with Gasteiger partial charge in [0.1, 0.15) is 0 Å². The Labute approximate surface area is 298 Å². The molecule has 3 aromatic rings. The molecule has 49 heavy (non-hydrogen) atoms. The van der Waals surface area contributed by atoms with Crippen molar-refractivity contribution in [3.05, 3.63) is 40.7 Å². The van der Waals surface area contributed by atoms with Gasteiger partial charge in [-0.3, -0.25) is 19.5 Å². The van der Waals surface area contributed by atoms with Gasteiger partial charge in [0.2, 0.25) is 5.91 Å². The number of anilines is 1. The number of likely N-dealkylation sites (tertiary alicyclic amines) is 3. The lowest BCUT2D eigenvalue weighted by atomic mass is 9.60. The predicted molar refractivity (Wildman–Crippen MR) is 193 cm³/mol. The first kappa shape index (κ1) is 32.3. The quantitative estimate of drug-likeness (QED) is 0.311. The van der Waals surface area contributed by atoms with Crippen LogP contribution in [-0.4, -0.2) is 118 Å². The first-order chi connectivity index (χ1) is 23.5. The van der Waals surface area contributed by atoms with E-state index in [9.17, 15) is 4.79 Å². The molecule has 262 valence electrons. The maximum absolute atomic E-state index is 12.2. The number of halogens is 2. The smallest absolute Gasteiger partial charge is 0.245 e. The van der Waals surface area contributed by atoms with Crippen LogP contribution in [0.3, 0.4) is 0 Å². The molecule has 1 aliphatic carbocycles. The zero-order valence-corrected chi connectivity index (χ0v) is 30.5. The molecule has 10 nitrogen and oxygen atoms in total. The Morgan fingerprint density at radius 2 is 1.84 bits per heavy atom. The molecule has 2 spiro atoms. The highest BCUT2D eigenvalue weighted by molar-refractivity contribution is 6.45. The van der Waals surface area contributed by atoms with E-state index in [2.05, 4.69) is 56.9 Å². The molecule has 5 saturated heterocycles. The summed E-state index contributed by atoms with van der Waals surface area (Å²) in [5.41, 5.74) is 4.50. The molecule has 12 heteroatoms. The van der Waals surface area contributed by atoms with Crippen molar-refractivity contribution < 1.29 is 9.53 Å². The van der Waals surface area contributed by atoms with Crippen LogP contribution < -0.4 is 4.90 Å². The van der Waals surface area contributed by atoms with Crippen molar-refractivity contribution in [2.75, 3.05) is 70.5 Å². The van der Waals surface area contributed by atoms with E-state index in [4.69, 9.17) is 33.0 Å². The SMILES string of the molecule is C=CC(=O)N1CC2(CC(n3nc(N4CC[C@@H](CN5CC6(CCN(C7COC7)C6)C5)CC4(C)C)c(-c4c(Cl)c(Cl)cc5[nH]ncc45)c3C)C2)C1. The second-order valence-electron chi connectivity index (χ2n) is 17.0. The van der Waals surface area contributed by atoms with Crippen LogP contribution in [0.15, 0.2) is 24.9 Å². The predicted octanol–water partition coefficient (Wildman–Crippen LogP) is 5.79. The lowest BCUT2D eigenvalue weighted by Crippen LogP contribution is -2.63. The molecule has 2 aromatic heterocycles. The highest BCUT2D eigenvalue weighted by atomic mass is 35.5. The highest BCUT2D eigenvalue weighted by Crippen LogP contribution is 2.56. The summed E-state index contributed by atoms with van der Waals surface area (Å²) < 4.78 is 7.72. The third kappa shape index (κ3) is 5.18. The van der Waals surface area contributed by atoms with E-state index in [-0.39, 0.29) is 22.9 Å². The number of hydrogen-bond acceptors (Lipinski definition) is 7. The number of piperidine rings is 1. The third-order valence-corrected chi connectivity index (χ3v) is 13.8. The van der Waals surface area contributed by atoms with E-state index in [1.807, 2.05) is 17.2 Å². The molecule has 7 heterocycles. The largest absolute Gasteiger partial charge is 0.378 e. The van der Waals surface area contributed by atoms with Gasteiger partial charge in [-0.15, -0.1) is 0 Å². The second-order valence-corrected chi connectivity index (χ2v) is 17.8. The van der Waals surface area contributed by atoms with Crippen LogP contribution in [0, 0.1) is 23.7 Å². The number of fused-ring (bicyclic) bond motifs is 1. The monoisotopic (exact) mass is 706 g/mol. The fourth-order valence-electron chi connectivity index (χ4n) is 10.5. The summed E-state index contributed by atoms with van der Waals surface area (Å²) in [4.78, 5) is 22.0. The zero-order valence-electron chi connectivity index (χ0n) is 29.0. The number of nitrogens with one attached hydrogen (secondary N) is 1. The molecule has 1 N–H and O–H groups in total. The van der Waals surface area contributed by atoms with E-state index in [1.165, 1.54) is 45.2 Å². The van der Waals surface area contributed by atoms with Crippen LogP contribution in [0.5, 0.6) is 0 Å². The van der Waals surface area contributed by atoms with Crippen LogP contribution in [0.1, 0.15) is 57.7 Å². The lowest BCUT2D eigenvalue weighted by molar-refractivity contribution is -0.149. The third-order valence-electron chi connectivity index (χ3n) is 13.0. The Morgan fingerprint density at radius 3 is 2.53 bits per heavy atom. The summed E-state index contributed by atoms with van der Waals surface area (Å²) in [5, 5.41) is 14.9. The second kappa shape index (κ2) is 11.4. The minimum absolute atomic E-state index is 0.0255.